The van der Waals surface area contributed by atoms with Crippen molar-refractivity contribution >= 4 is 83.3 Å². The summed E-state index contributed by atoms with van der Waals surface area (Å²) >= 11 is 0. The van der Waals surface area contributed by atoms with Crippen LogP contribution in [0.15, 0.2) is 182 Å². The summed E-state index contributed by atoms with van der Waals surface area (Å²) in [5.74, 6) is 0. The number of rotatable bonds is 8. The van der Waals surface area contributed by atoms with E-state index in [1.807, 2.05) is 0 Å². The van der Waals surface area contributed by atoms with Crippen LogP contribution >= 0.6 is 0 Å². The molecule has 0 atom stereocenters. The van der Waals surface area contributed by atoms with E-state index in [-0.39, 0.29) is 0 Å². The van der Waals surface area contributed by atoms with E-state index in [4.69, 9.17) is 15.0 Å². The quantitative estimate of drug-likeness (QED) is 0.112. The predicted molar refractivity (Wildman–Crippen MR) is 293 cm³/mol. The Labute approximate surface area is 413 Å². The molecule has 0 aliphatic carbocycles. The molecule has 9 heteroatoms. The lowest BCUT2D eigenvalue weighted by atomic mass is 9.96. The third-order valence-electron chi connectivity index (χ3n) is 13.9. The standard InChI is InChI=1S/C62H54N9/c1-39-24-29-55-51(30-39)64-54-35-48(57(68(7)8)38-61(54)69(55)42-18-12-9-13-19-42)46-36-60-52(31-40(46)2)65-53-34-47(56(67(5)6)37-62(53)71(60)44-22-16-11-17-23-44)41-25-27-49-58(32-41)70(43-20-14-10-15-21-43)59-33-45(66(3)4)26-28-50(59)63-49/h9-38H,1-8H3/q+3. The van der Waals surface area contributed by atoms with Gasteiger partial charge in [0.05, 0.1) is 11.4 Å². The Bertz CT molecular complexity index is 4100. The van der Waals surface area contributed by atoms with Gasteiger partial charge in [-0.2, -0.15) is 0 Å². The SMILES string of the molecule is Cc1ccc2c(c1)nc1cc(-c3cc4c(cc3C)nc3cc(-c5ccc6nc7ccc(N(C)C)cc7[n+](-c7ccccc7)c6c5)c(N(C)C)cc3[n+]4-c3ccccc3)c(N(C)C)cc1[n+]2-c1ccccc1. The lowest BCUT2D eigenvalue weighted by Crippen LogP contribution is -2.34. The van der Waals surface area contributed by atoms with Crippen molar-refractivity contribution in [3.8, 4) is 39.3 Å². The third kappa shape index (κ3) is 7.40. The number of aryl methyl sites for hydroxylation is 2. The van der Waals surface area contributed by atoms with Crippen molar-refractivity contribution in [3.63, 3.8) is 0 Å². The molecular formula is C62H54N9+3. The van der Waals surface area contributed by atoms with Crippen LogP contribution in [0, 0.1) is 13.8 Å². The largest absolute Gasteiger partial charge is 0.377 e. The molecule has 0 unspecified atom stereocenters. The zero-order valence-corrected chi connectivity index (χ0v) is 41.3. The van der Waals surface area contributed by atoms with Crippen LogP contribution < -0.4 is 28.4 Å². The van der Waals surface area contributed by atoms with Crippen molar-refractivity contribution in [2.75, 3.05) is 57.0 Å². The van der Waals surface area contributed by atoms with Gasteiger partial charge in [-0.1, -0.05) is 66.7 Å². The van der Waals surface area contributed by atoms with Crippen molar-refractivity contribution in [3.05, 3.63) is 193 Å². The number of hydrogen-bond acceptors (Lipinski definition) is 6. The first kappa shape index (κ1) is 43.5. The summed E-state index contributed by atoms with van der Waals surface area (Å²) in [6.45, 7) is 4.33. The number of aromatic nitrogens is 6. The highest BCUT2D eigenvalue weighted by Crippen LogP contribution is 2.39. The van der Waals surface area contributed by atoms with Crippen LogP contribution in [0.1, 0.15) is 11.1 Å². The molecule has 9 aromatic carbocycles. The first-order valence-electron chi connectivity index (χ1n) is 24.1. The smallest absolute Gasteiger partial charge is 0.239 e. The Kier molecular flexibility index (Phi) is 10.4. The average Bonchev–Trinajstić information content (AvgIpc) is 3.38. The van der Waals surface area contributed by atoms with Gasteiger partial charge in [0.1, 0.15) is 33.1 Å². The maximum atomic E-state index is 5.55. The highest BCUT2D eigenvalue weighted by molar-refractivity contribution is 5.98. The zero-order chi connectivity index (χ0) is 48.7. The molecule has 0 radical (unpaired) electrons. The van der Waals surface area contributed by atoms with E-state index in [0.29, 0.717) is 0 Å². The predicted octanol–water partition coefficient (Wildman–Crippen LogP) is 11.8. The van der Waals surface area contributed by atoms with E-state index >= 15 is 0 Å². The molecule has 12 aromatic rings. The summed E-state index contributed by atoms with van der Waals surface area (Å²) < 4.78 is 7.07. The fourth-order valence-corrected chi connectivity index (χ4v) is 10.4. The van der Waals surface area contributed by atoms with Crippen LogP contribution in [0.4, 0.5) is 17.1 Å². The van der Waals surface area contributed by atoms with Gasteiger partial charge in [-0.25, -0.2) is 15.0 Å². The van der Waals surface area contributed by atoms with E-state index in [1.165, 1.54) is 5.56 Å². The minimum absolute atomic E-state index is 0.897. The van der Waals surface area contributed by atoms with E-state index in [0.717, 1.165) is 128 Å². The second kappa shape index (κ2) is 17.0. The van der Waals surface area contributed by atoms with Gasteiger partial charge >= 0.3 is 0 Å². The first-order chi connectivity index (χ1) is 34.5. The summed E-state index contributed by atoms with van der Waals surface area (Å²) in [5, 5.41) is 0. The van der Waals surface area contributed by atoms with Gasteiger partial charge in [0, 0.05) is 132 Å². The summed E-state index contributed by atoms with van der Waals surface area (Å²) in [7, 11) is 12.7. The summed E-state index contributed by atoms with van der Waals surface area (Å²) in [4.78, 5) is 22.7. The van der Waals surface area contributed by atoms with Gasteiger partial charge < -0.3 is 14.7 Å². The van der Waals surface area contributed by atoms with Gasteiger partial charge in [-0.3, -0.25) is 0 Å². The van der Waals surface area contributed by atoms with Crippen LogP contribution in [0.2, 0.25) is 0 Å². The molecule has 0 spiro atoms. The van der Waals surface area contributed by atoms with E-state index in [1.54, 1.807) is 0 Å². The molecule has 0 saturated heterocycles. The fraction of sp³-hybridized carbons (Fsp3) is 0.129. The maximum absolute atomic E-state index is 5.55. The van der Waals surface area contributed by atoms with Gasteiger partial charge in [0.15, 0.2) is 0 Å². The Hall–Kier alpha value is -8.82. The molecule has 0 amide bonds. The Morgan fingerprint density at radius 2 is 0.775 bits per heavy atom. The Balaban J connectivity index is 1.10. The molecule has 0 aliphatic rings. The third-order valence-corrected chi connectivity index (χ3v) is 13.9. The van der Waals surface area contributed by atoms with Gasteiger partial charge in [-0.05, 0) is 78.6 Å². The van der Waals surface area contributed by atoms with Crippen molar-refractivity contribution in [2.24, 2.45) is 0 Å². The van der Waals surface area contributed by atoms with Crippen molar-refractivity contribution < 1.29 is 13.7 Å². The van der Waals surface area contributed by atoms with Gasteiger partial charge in [0.25, 0.3) is 0 Å². The minimum atomic E-state index is 0.897. The number of fused-ring (bicyclic) bond motifs is 6. The number of nitrogens with zero attached hydrogens (tertiary/aromatic N) is 9. The highest BCUT2D eigenvalue weighted by Gasteiger charge is 2.28. The summed E-state index contributed by atoms with van der Waals surface area (Å²) in [6, 6.07) is 65.3. The lowest BCUT2D eigenvalue weighted by molar-refractivity contribution is -0.538. The maximum Gasteiger partial charge on any atom is 0.239 e. The monoisotopic (exact) mass is 924 g/mol. The molecule has 0 saturated carbocycles. The van der Waals surface area contributed by atoms with Crippen LogP contribution in [0.5, 0.6) is 0 Å². The molecule has 0 aliphatic heterocycles. The van der Waals surface area contributed by atoms with Crippen LogP contribution in [-0.4, -0.2) is 57.2 Å². The molecule has 3 aromatic heterocycles. The molecule has 3 heterocycles. The number of benzene rings is 9. The second-order valence-corrected chi connectivity index (χ2v) is 19.3. The number of anilines is 3. The molecule has 71 heavy (non-hydrogen) atoms. The first-order valence-corrected chi connectivity index (χ1v) is 24.1. The Morgan fingerprint density at radius 3 is 1.34 bits per heavy atom. The normalized spacial score (nSPS) is 11.7. The molecule has 0 fully saturated rings. The van der Waals surface area contributed by atoms with Crippen LogP contribution in [-0.2, 0) is 0 Å². The van der Waals surface area contributed by atoms with Crippen molar-refractivity contribution in [1.82, 2.24) is 15.0 Å². The number of para-hydroxylation sites is 3. The Morgan fingerprint density at radius 1 is 0.324 bits per heavy atom. The van der Waals surface area contributed by atoms with Crippen LogP contribution in [0.3, 0.4) is 0 Å². The lowest BCUT2D eigenvalue weighted by Gasteiger charge is -2.20. The average molecular weight is 925 g/mol. The van der Waals surface area contributed by atoms with Crippen molar-refractivity contribution in [1.29, 1.82) is 0 Å². The summed E-state index contributed by atoms with van der Waals surface area (Å²) in [6.07, 6.45) is 0. The molecule has 9 nitrogen and oxygen atoms in total. The molecule has 0 N–H and O–H groups in total. The minimum Gasteiger partial charge on any atom is -0.377 e. The van der Waals surface area contributed by atoms with E-state index in [2.05, 4.69) is 267 Å². The van der Waals surface area contributed by atoms with E-state index in [9.17, 15) is 0 Å². The molecular weight excluding hydrogens is 871 g/mol. The topological polar surface area (TPSA) is 60.0 Å². The van der Waals surface area contributed by atoms with Crippen molar-refractivity contribution in [2.45, 2.75) is 13.8 Å². The van der Waals surface area contributed by atoms with Crippen LogP contribution in [0.25, 0.3) is 106 Å². The zero-order valence-electron chi connectivity index (χ0n) is 41.3. The van der Waals surface area contributed by atoms with E-state index < -0.39 is 0 Å². The second-order valence-electron chi connectivity index (χ2n) is 19.3. The van der Waals surface area contributed by atoms with Gasteiger partial charge in [-0.15, -0.1) is 13.7 Å². The highest BCUT2D eigenvalue weighted by atomic mass is 15.1. The fourth-order valence-electron chi connectivity index (χ4n) is 10.4. The molecule has 12 rings (SSSR count). The van der Waals surface area contributed by atoms with Gasteiger partial charge in [0.2, 0.25) is 50.2 Å². The summed E-state index contributed by atoms with van der Waals surface area (Å²) in [5.41, 5.74) is 25.0. The molecule has 344 valence electrons. The number of hydrogen-bond donors (Lipinski definition) is 0. The molecule has 0 bridgehead atoms.